The molecule has 0 aliphatic carbocycles. The molecule has 3 aromatic carbocycles. The molecule has 0 bridgehead atoms. The van der Waals surface area contributed by atoms with Gasteiger partial charge in [-0.05, 0) is 74.2 Å². The normalized spacial score (nSPS) is 11.8. The maximum Gasteiger partial charge on any atom is 0.326 e. The number of carboxylic acids is 1. The number of halogens is 1. The molecule has 4 rings (SSSR count). The summed E-state index contributed by atoms with van der Waals surface area (Å²) in [6, 6.07) is 13.2. The predicted molar refractivity (Wildman–Crippen MR) is 174 cm³/mol. The van der Waals surface area contributed by atoms with Crippen LogP contribution in [0.4, 0.5) is 10.1 Å². The van der Waals surface area contributed by atoms with Gasteiger partial charge in [0.25, 0.3) is 17.4 Å². The fraction of sp³-hybridized carbons (Fsp3) is 0.242. The minimum Gasteiger partial charge on any atom is -0.480 e. The first kappa shape index (κ1) is 34.3. The number of sulfonamides is 1. The SMILES string of the molecule is C#CCN(Cc1cc2c(=O)[nH]c(C)nc2cc1C)c1c(F)cccc1C(=O)N[C@@H](CCCS(=O)(=O)NC(=O)c1ccccc1)C(=O)O. The number of carbonyl (C=O) groups excluding carboxylic acids is 2. The zero-order valence-electron chi connectivity index (χ0n) is 25.5. The van der Waals surface area contributed by atoms with E-state index in [1.807, 2.05) is 4.72 Å². The van der Waals surface area contributed by atoms with Crippen molar-refractivity contribution in [2.24, 2.45) is 0 Å². The second-order valence-electron chi connectivity index (χ2n) is 10.8. The molecule has 2 amide bonds. The highest BCUT2D eigenvalue weighted by Gasteiger charge is 2.27. The first-order chi connectivity index (χ1) is 22.3. The number of aryl methyl sites for hydroxylation is 2. The van der Waals surface area contributed by atoms with Crippen molar-refractivity contribution in [3.63, 3.8) is 0 Å². The number of hydrogen-bond acceptors (Lipinski definition) is 8. The van der Waals surface area contributed by atoms with Crippen LogP contribution in [0, 0.1) is 32.0 Å². The zero-order valence-corrected chi connectivity index (χ0v) is 26.4. The van der Waals surface area contributed by atoms with Crippen LogP contribution < -0.4 is 20.5 Å². The van der Waals surface area contributed by atoms with Gasteiger partial charge in [-0.2, -0.15) is 0 Å². The van der Waals surface area contributed by atoms with Gasteiger partial charge < -0.3 is 20.3 Å². The summed E-state index contributed by atoms with van der Waals surface area (Å²) in [5, 5.41) is 12.4. The largest absolute Gasteiger partial charge is 0.480 e. The molecule has 14 heteroatoms. The van der Waals surface area contributed by atoms with Crippen molar-refractivity contribution in [3.8, 4) is 12.3 Å². The Labute approximate surface area is 270 Å². The molecular weight excluding hydrogens is 629 g/mol. The Kier molecular flexibility index (Phi) is 10.7. The molecule has 47 heavy (non-hydrogen) atoms. The predicted octanol–water partition coefficient (Wildman–Crippen LogP) is 3.04. The van der Waals surface area contributed by atoms with Gasteiger partial charge in [-0.1, -0.05) is 30.2 Å². The molecular formula is C33H32FN5O7S. The van der Waals surface area contributed by atoms with Gasteiger partial charge in [0, 0.05) is 12.1 Å². The van der Waals surface area contributed by atoms with Gasteiger partial charge in [-0.25, -0.2) is 27.3 Å². The Morgan fingerprint density at radius 3 is 2.49 bits per heavy atom. The van der Waals surface area contributed by atoms with Gasteiger partial charge in [-0.15, -0.1) is 6.42 Å². The monoisotopic (exact) mass is 661 g/mol. The van der Waals surface area contributed by atoms with Crippen molar-refractivity contribution in [1.29, 1.82) is 0 Å². The smallest absolute Gasteiger partial charge is 0.326 e. The van der Waals surface area contributed by atoms with Crippen molar-refractivity contribution in [1.82, 2.24) is 20.0 Å². The van der Waals surface area contributed by atoms with Crippen LogP contribution in [-0.4, -0.2) is 59.6 Å². The summed E-state index contributed by atoms with van der Waals surface area (Å²) in [5.74, 6) is -1.70. The molecule has 0 saturated carbocycles. The number of hydrogen-bond donors (Lipinski definition) is 4. The summed E-state index contributed by atoms with van der Waals surface area (Å²) in [6.07, 6.45) is 5.08. The third-order valence-corrected chi connectivity index (χ3v) is 8.59. The minimum atomic E-state index is -4.12. The summed E-state index contributed by atoms with van der Waals surface area (Å²) < 4.78 is 42.3. The second kappa shape index (κ2) is 14.7. The molecule has 4 aromatic rings. The average molecular weight is 662 g/mol. The van der Waals surface area contributed by atoms with Crippen LogP contribution in [0.5, 0.6) is 0 Å². The summed E-state index contributed by atoms with van der Waals surface area (Å²) in [7, 11) is -4.12. The maximum absolute atomic E-state index is 15.4. The summed E-state index contributed by atoms with van der Waals surface area (Å²) >= 11 is 0. The zero-order chi connectivity index (χ0) is 34.3. The number of nitrogens with one attached hydrogen (secondary N) is 3. The third-order valence-electron chi connectivity index (χ3n) is 7.27. The van der Waals surface area contributed by atoms with Crippen molar-refractivity contribution >= 4 is 44.4 Å². The highest BCUT2D eigenvalue weighted by Crippen LogP contribution is 2.28. The van der Waals surface area contributed by atoms with Gasteiger partial charge in [0.15, 0.2) is 0 Å². The molecule has 4 N–H and O–H groups in total. The number of nitrogens with zero attached hydrogens (tertiary/aromatic N) is 2. The molecule has 0 aliphatic rings. The number of anilines is 1. The van der Waals surface area contributed by atoms with E-state index >= 15 is 4.39 Å². The number of H-pyrrole nitrogens is 1. The number of para-hydroxylation sites is 1. The lowest BCUT2D eigenvalue weighted by molar-refractivity contribution is -0.139. The van der Waals surface area contributed by atoms with Crippen LogP contribution in [0.2, 0.25) is 0 Å². The molecule has 1 aromatic heterocycles. The van der Waals surface area contributed by atoms with E-state index in [0.29, 0.717) is 22.3 Å². The first-order valence-corrected chi connectivity index (χ1v) is 16.1. The topological polar surface area (TPSA) is 179 Å². The first-order valence-electron chi connectivity index (χ1n) is 14.4. The lowest BCUT2D eigenvalue weighted by Gasteiger charge is -2.27. The van der Waals surface area contributed by atoms with Crippen molar-refractivity contribution in [3.05, 3.63) is 105 Å². The molecule has 244 valence electrons. The van der Waals surface area contributed by atoms with Crippen LogP contribution in [0.3, 0.4) is 0 Å². The highest BCUT2D eigenvalue weighted by atomic mass is 32.2. The summed E-state index contributed by atoms with van der Waals surface area (Å²) in [6.45, 7) is 3.30. The van der Waals surface area contributed by atoms with E-state index in [4.69, 9.17) is 6.42 Å². The molecule has 1 heterocycles. The highest BCUT2D eigenvalue weighted by molar-refractivity contribution is 7.90. The number of amides is 2. The maximum atomic E-state index is 15.4. The number of fused-ring (bicyclic) bond motifs is 1. The standard InChI is InChI=1S/C33H32FN5O7S/c1-4-15-39(19-23-18-25-28(17-20(23)2)35-21(3)36-32(25)42)29-24(12-8-13-26(29)34)31(41)37-27(33(43)44)14-9-16-47(45,46)38-30(40)22-10-6-5-7-11-22/h1,5-8,10-13,17-18,27H,9,14-16,19H2,2-3H3,(H,37,41)(H,38,40)(H,43,44)(H,35,36,42)/t27-/m0/s1. The number of benzene rings is 3. The number of carboxylic acid groups (broad SMARTS) is 1. The van der Waals surface area contributed by atoms with Crippen LogP contribution in [0.25, 0.3) is 10.9 Å². The Balaban J connectivity index is 1.52. The van der Waals surface area contributed by atoms with Crippen LogP contribution in [-0.2, 0) is 21.4 Å². The van der Waals surface area contributed by atoms with E-state index in [9.17, 15) is 32.7 Å². The molecule has 0 saturated heterocycles. The Bertz CT molecular complexity index is 2040. The van der Waals surface area contributed by atoms with Crippen LogP contribution >= 0.6 is 0 Å². The molecule has 0 fully saturated rings. The van der Waals surface area contributed by atoms with Gasteiger partial charge in [0.1, 0.15) is 17.7 Å². The minimum absolute atomic E-state index is 0.00454. The van der Waals surface area contributed by atoms with E-state index in [1.165, 1.54) is 29.2 Å². The van der Waals surface area contributed by atoms with Crippen LogP contribution in [0.15, 0.2) is 65.5 Å². The number of aliphatic carboxylic acids is 1. The Hall–Kier alpha value is -5.55. The average Bonchev–Trinajstić information content (AvgIpc) is 3.00. The lowest BCUT2D eigenvalue weighted by Crippen LogP contribution is -2.42. The number of terminal acetylenes is 1. The fourth-order valence-corrected chi connectivity index (χ4v) is 6.03. The lowest BCUT2D eigenvalue weighted by atomic mass is 10.0. The van der Waals surface area contributed by atoms with Crippen molar-refractivity contribution < 1.29 is 32.3 Å². The van der Waals surface area contributed by atoms with E-state index in [1.54, 1.807) is 44.2 Å². The van der Waals surface area contributed by atoms with Crippen molar-refractivity contribution in [2.75, 3.05) is 17.2 Å². The quantitative estimate of drug-likeness (QED) is 0.157. The van der Waals surface area contributed by atoms with Gasteiger partial charge in [0.2, 0.25) is 10.0 Å². The molecule has 0 radical (unpaired) electrons. The van der Waals surface area contributed by atoms with Gasteiger partial charge in [-0.3, -0.25) is 14.4 Å². The Morgan fingerprint density at radius 1 is 1.09 bits per heavy atom. The fourth-order valence-electron chi connectivity index (χ4n) is 4.98. The number of rotatable bonds is 13. The van der Waals surface area contributed by atoms with E-state index in [2.05, 4.69) is 21.2 Å². The number of aromatic amines is 1. The number of carbonyl (C=O) groups is 3. The molecule has 0 spiro atoms. The summed E-state index contributed by atoms with van der Waals surface area (Å²) in [5.41, 5.74) is 1.22. The van der Waals surface area contributed by atoms with Crippen LogP contribution in [0.1, 0.15) is 50.5 Å². The molecule has 0 aliphatic heterocycles. The van der Waals surface area contributed by atoms with Crippen molar-refractivity contribution in [2.45, 2.75) is 39.3 Å². The molecule has 1 atom stereocenters. The molecule has 12 nitrogen and oxygen atoms in total. The molecule has 0 unspecified atom stereocenters. The van der Waals surface area contributed by atoms with E-state index in [-0.39, 0.29) is 48.3 Å². The van der Waals surface area contributed by atoms with Gasteiger partial charge >= 0.3 is 5.97 Å². The van der Waals surface area contributed by atoms with E-state index in [0.717, 1.165) is 11.6 Å². The third kappa shape index (κ3) is 8.59. The number of aromatic nitrogens is 2. The van der Waals surface area contributed by atoms with Gasteiger partial charge in [0.05, 0.1) is 34.5 Å². The summed E-state index contributed by atoms with van der Waals surface area (Å²) in [4.78, 5) is 58.7. The Morgan fingerprint density at radius 2 is 1.81 bits per heavy atom. The van der Waals surface area contributed by atoms with E-state index < -0.39 is 45.4 Å². The second-order valence-corrected chi connectivity index (χ2v) is 12.6.